The van der Waals surface area contributed by atoms with Gasteiger partial charge in [-0.1, -0.05) is 24.3 Å². The van der Waals surface area contributed by atoms with Crippen molar-refractivity contribution in [1.29, 1.82) is 0 Å². The van der Waals surface area contributed by atoms with E-state index in [9.17, 15) is 0 Å². The van der Waals surface area contributed by atoms with Gasteiger partial charge in [-0.3, -0.25) is 0 Å². The molecular formula is C18H22N2O2S. The van der Waals surface area contributed by atoms with Crippen molar-refractivity contribution in [1.82, 2.24) is 5.32 Å². The zero-order chi connectivity index (χ0) is 16.7. The summed E-state index contributed by atoms with van der Waals surface area (Å²) in [6.07, 6.45) is 0. The van der Waals surface area contributed by atoms with Crippen LogP contribution in [0.15, 0.2) is 42.5 Å². The molecule has 0 saturated heterocycles. The fourth-order valence-corrected chi connectivity index (χ4v) is 2.31. The minimum Gasteiger partial charge on any atom is -0.493 e. The maximum absolute atomic E-state index is 5.70. The van der Waals surface area contributed by atoms with Gasteiger partial charge >= 0.3 is 0 Å². The average molecular weight is 330 g/mol. The molecule has 0 fully saturated rings. The standard InChI is InChI=1S/C18H22N2O2S/c1-13-8-9-14(2)15(12-13)20-18(23)19-10-11-22-17-7-5-4-6-16(17)21-3/h4-9,12H,10-11H2,1-3H3,(H2,19,20,23). The van der Waals surface area contributed by atoms with E-state index in [2.05, 4.69) is 42.7 Å². The lowest BCUT2D eigenvalue weighted by Gasteiger charge is -2.14. The molecule has 5 heteroatoms. The lowest BCUT2D eigenvalue weighted by atomic mass is 10.1. The first-order valence-corrected chi connectivity index (χ1v) is 7.89. The molecule has 122 valence electrons. The normalized spacial score (nSPS) is 10.0. The van der Waals surface area contributed by atoms with E-state index < -0.39 is 0 Å². The number of ether oxygens (including phenoxy) is 2. The van der Waals surface area contributed by atoms with Gasteiger partial charge in [0.2, 0.25) is 0 Å². The van der Waals surface area contributed by atoms with E-state index in [1.54, 1.807) is 7.11 Å². The zero-order valence-electron chi connectivity index (χ0n) is 13.7. The van der Waals surface area contributed by atoms with Crippen LogP contribution in [0.4, 0.5) is 5.69 Å². The van der Waals surface area contributed by atoms with E-state index in [0.717, 1.165) is 22.7 Å². The number of methoxy groups -OCH3 is 1. The van der Waals surface area contributed by atoms with Crippen molar-refractivity contribution in [2.45, 2.75) is 13.8 Å². The Hall–Kier alpha value is -2.27. The Kier molecular flexibility index (Phi) is 6.23. The number of hydrogen-bond donors (Lipinski definition) is 2. The predicted molar refractivity (Wildman–Crippen MR) is 98.6 cm³/mol. The highest BCUT2D eigenvalue weighted by atomic mass is 32.1. The molecule has 2 N–H and O–H groups in total. The minimum atomic E-state index is 0.495. The molecule has 2 aromatic carbocycles. The number of rotatable bonds is 6. The van der Waals surface area contributed by atoms with Gasteiger partial charge in [-0.2, -0.15) is 0 Å². The third-order valence-electron chi connectivity index (χ3n) is 3.36. The summed E-state index contributed by atoms with van der Waals surface area (Å²) in [5.74, 6) is 1.45. The Morgan fingerprint density at radius 2 is 1.83 bits per heavy atom. The Morgan fingerprint density at radius 1 is 1.09 bits per heavy atom. The molecule has 0 aliphatic rings. The van der Waals surface area contributed by atoms with Crippen LogP contribution in [0.2, 0.25) is 0 Å². The smallest absolute Gasteiger partial charge is 0.170 e. The largest absolute Gasteiger partial charge is 0.493 e. The first kappa shape index (κ1) is 17.1. The van der Waals surface area contributed by atoms with Gasteiger partial charge in [0, 0.05) is 5.69 Å². The highest BCUT2D eigenvalue weighted by Gasteiger charge is 2.03. The first-order chi connectivity index (χ1) is 11.1. The molecule has 0 aliphatic heterocycles. The van der Waals surface area contributed by atoms with Gasteiger partial charge in [-0.05, 0) is 55.4 Å². The molecular weight excluding hydrogens is 308 g/mol. The van der Waals surface area contributed by atoms with Crippen LogP contribution < -0.4 is 20.1 Å². The molecule has 0 spiro atoms. The molecule has 23 heavy (non-hydrogen) atoms. The van der Waals surface area contributed by atoms with Crippen LogP contribution in [0, 0.1) is 13.8 Å². The van der Waals surface area contributed by atoms with Gasteiger partial charge in [0.25, 0.3) is 0 Å². The lowest BCUT2D eigenvalue weighted by Crippen LogP contribution is -2.32. The summed E-state index contributed by atoms with van der Waals surface area (Å²) in [5, 5.41) is 6.94. The van der Waals surface area contributed by atoms with E-state index >= 15 is 0 Å². The van der Waals surface area contributed by atoms with E-state index in [1.807, 2.05) is 24.3 Å². The topological polar surface area (TPSA) is 42.5 Å². The molecule has 0 atom stereocenters. The fraction of sp³-hybridized carbons (Fsp3) is 0.278. The molecule has 2 rings (SSSR count). The molecule has 0 aromatic heterocycles. The van der Waals surface area contributed by atoms with Crippen LogP contribution >= 0.6 is 12.2 Å². The highest BCUT2D eigenvalue weighted by Crippen LogP contribution is 2.25. The van der Waals surface area contributed by atoms with Crippen LogP contribution in [0.1, 0.15) is 11.1 Å². The zero-order valence-corrected chi connectivity index (χ0v) is 14.5. The maximum Gasteiger partial charge on any atom is 0.170 e. The van der Waals surface area contributed by atoms with Crippen molar-refractivity contribution in [3.05, 3.63) is 53.6 Å². The number of benzene rings is 2. The van der Waals surface area contributed by atoms with Crippen LogP contribution in [0.5, 0.6) is 11.5 Å². The SMILES string of the molecule is COc1ccccc1OCCNC(=S)Nc1cc(C)ccc1C. The van der Waals surface area contributed by atoms with Crippen molar-refractivity contribution in [2.75, 3.05) is 25.6 Å². The van der Waals surface area contributed by atoms with Crippen molar-refractivity contribution >= 4 is 23.0 Å². The quantitative estimate of drug-likeness (QED) is 0.625. The Morgan fingerprint density at radius 3 is 2.57 bits per heavy atom. The first-order valence-electron chi connectivity index (χ1n) is 7.48. The molecule has 0 aliphatic carbocycles. The molecule has 0 radical (unpaired) electrons. The van der Waals surface area contributed by atoms with Crippen molar-refractivity contribution in [3.63, 3.8) is 0 Å². The van der Waals surface area contributed by atoms with Crippen LogP contribution in [-0.2, 0) is 0 Å². The summed E-state index contributed by atoms with van der Waals surface area (Å²) in [6, 6.07) is 13.8. The number of aryl methyl sites for hydroxylation is 2. The van der Waals surface area contributed by atoms with Crippen molar-refractivity contribution in [3.8, 4) is 11.5 Å². The van der Waals surface area contributed by atoms with Gasteiger partial charge in [0.1, 0.15) is 6.61 Å². The summed E-state index contributed by atoms with van der Waals surface area (Å²) >= 11 is 5.32. The molecule has 0 saturated carbocycles. The Balaban J connectivity index is 1.78. The van der Waals surface area contributed by atoms with E-state index in [-0.39, 0.29) is 0 Å². The van der Waals surface area contributed by atoms with Gasteiger partial charge in [-0.15, -0.1) is 0 Å². The van der Waals surface area contributed by atoms with Gasteiger partial charge < -0.3 is 20.1 Å². The number of hydrogen-bond acceptors (Lipinski definition) is 3. The summed E-state index contributed by atoms with van der Waals surface area (Å²) < 4.78 is 10.9. The summed E-state index contributed by atoms with van der Waals surface area (Å²) in [5.41, 5.74) is 3.37. The van der Waals surface area contributed by atoms with Crippen molar-refractivity contribution in [2.24, 2.45) is 0 Å². The summed E-state index contributed by atoms with van der Waals surface area (Å²) in [4.78, 5) is 0. The number of thiocarbonyl (C=S) groups is 1. The minimum absolute atomic E-state index is 0.495. The second kappa shape index (κ2) is 8.39. The van der Waals surface area contributed by atoms with Crippen LogP contribution in [0.25, 0.3) is 0 Å². The highest BCUT2D eigenvalue weighted by molar-refractivity contribution is 7.80. The van der Waals surface area contributed by atoms with E-state index in [4.69, 9.17) is 21.7 Å². The van der Waals surface area contributed by atoms with E-state index in [0.29, 0.717) is 18.3 Å². The number of anilines is 1. The van der Waals surface area contributed by atoms with Crippen LogP contribution in [0.3, 0.4) is 0 Å². The second-order valence-corrected chi connectivity index (χ2v) is 5.61. The lowest BCUT2D eigenvalue weighted by molar-refractivity contribution is 0.298. The summed E-state index contributed by atoms with van der Waals surface area (Å²) in [7, 11) is 1.63. The molecule has 4 nitrogen and oxygen atoms in total. The van der Waals surface area contributed by atoms with Gasteiger partial charge in [0.05, 0.1) is 13.7 Å². The van der Waals surface area contributed by atoms with Gasteiger partial charge in [-0.25, -0.2) is 0 Å². The third-order valence-corrected chi connectivity index (χ3v) is 3.60. The Labute approximate surface area is 142 Å². The molecule has 0 bridgehead atoms. The molecule has 2 aromatic rings. The van der Waals surface area contributed by atoms with Crippen molar-refractivity contribution < 1.29 is 9.47 Å². The monoisotopic (exact) mass is 330 g/mol. The molecule has 0 amide bonds. The van der Waals surface area contributed by atoms with Gasteiger partial charge in [0.15, 0.2) is 16.6 Å². The fourth-order valence-electron chi connectivity index (χ4n) is 2.10. The molecule has 0 unspecified atom stereocenters. The Bertz CT molecular complexity index is 674. The van der Waals surface area contributed by atoms with Crippen LogP contribution in [-0.4, -0.2) is 25.4 Å². The number of para-hydroxylation sites is 2. The average Bonchev–Trinajstić information content (AvgIpc) is 2.55. The number of nitrogens with one attached hydrogen (secondary N) is 2. The predicted octanol–water partition coefficient (Wildman–Crippen LogP) is 3.68. The third kappa shape index (κ3) is 5.14. The maximum atomic E-state index is 5.70. The van der Waals surface area contributed by atoms with E-state index in [1.165, 1.54) is 5.56 Å². The summed E-state index contributed by atoms with van der Waals surface area (Å²) in [6.45, 7) is 5.21. The molecule has 0 heterocycles. The second-order valence-electron chi connectivity index (χ2n) is 5.20.